The van der Waals surface area contributed by atoms with E-state index in [4.69, 9.17) is 5.73 Å². The van der Waals surface area contributed by atoms with Crippen LogP contribution in [0.5, 0.6) is 0 Å². The molecule has 0 atom stereocenters. The van der Waals surface area contributed by atoms with E-state index >= 15 is 0 Å². The third-order valence-corrected chi connectivity index (χ3v) is 4.86. The predicted molar refractivity (Wildman–Crippen MR) is 101 cm³/mol. The fourth-order valence-corrected chi connectivity index (χ4v) is 3.43. The van der Waals surface area contributed by atoms with Gasteiger partial charge in [-0.15, -0.1) is 11.8 Å². The predicted octanol–water partition coefficient (Wildman–Crippen LogP) is 2.90. The molecule has 1 aromatic heterocycles. The summed E-state index contributed by atoms with van der Waals surface area (Å²) < 4.78 is 0. The van der Waals surface area contributed by atoms with Gasteiger partial charge in [-0.2, -0.15) is 10.5 Å². The number of rotatable bonds is 6. The quantitative estimate of drug-likeness (QED) is 0.761. The maximum absolute atomic E-state index is 11.0. The number of hydrogen-bond acceptors (Lipinski definition) is 6. The zero-order valence-corrected chi connectivity index (χ0v) is 15.5. The molecule has 1 aromatic carbocycles. The maximum Gasteiger partial charge on any atom is 0.217 e. The Morgan fingerprint density at radius 1 is 1.19 bits per heavy atom. The van der Waals surface area contributed by atoms with E-state index in [2.05, 4.69) is 16.4 Å². The van der Waals surface area contributed by atoms with Crippen LogP contribution in [0.4, 0.5) is 5.82 Å². The normalized spacial score (nSPS) is 10.0. The van der Waals surface area contributed by atoms with Crippen LogP contribution in [0.1, 0.15) is 41.7 Å². The van der Waals surface area contributed by atoms with Crippen LogP contribution >= 0.6 is 11.8 Å². The molecule has 2 aromatic rings. The second kappa shape index (κ2) is 8.89. The summed E-state index contributed by atoms with van der Waals surface area (Å²) in [5, 5.41) is 22.0. The van der Waals surface area contributed by atoms with E-state index < -0.39 is 0 Å². The molecule has 1 amide bonds. The van der Waals surface area contributed by atoms with Gasteiger partial charge < -0.3 is 11.1 Å². The molecule has 0 saturated carbocycles. The summed E-state index contributed by atoms with van der Waals surface area (Å²) in [7, 11) is 0. The van der Waals surface area contributed by atoms with Crippen LogP contribution in [0.25, 0.3) is 0 Å². The monoisotopic (exact) mass is 365 g/mol. The van der Waals surface area contributed by atoms with E-state index in [0.717, 1.165) is 11.1 Å². The maximum atomic E-state index is 11.0. The molecule has 3 N–H and O–H groups in total. The van der Waals surface area contributed by atoms with Gasteiger partial charge in [0.2, 0.25) is 5.91 Å². The number of pyridine rings is 1. The van der Waals surface area contributed by atoms with Gasteiger partial charge in [0.1, 0.15) is 23.0 Å². The molecule has 0 aliphatic rings. The molecule has 0 bridgehead atoms. The second-order valence-corrected chi connectivity index (χ2v) is 6.59. The first-order chi connectivity index (χ1) is 12.5. The number of amides is 1. The molecular weight excluding hydrogens is 346 g/mol. The van der Waals surface area contributed by atoms with Crippen LogP contribution in [-0.4, -0.2) is 10.9 Å². The molecule has 26 heavy (non-hydrogen) atoms. The number of nitrogens with two attached hydrogens (primary N) is 1. The van der Waals surface area contributed by atoms with Gasteiger partial charge in [-0.3, -0.25) is 4.79 Å². The fourth-order valence-electron chi connectivity index (χ4n) is 2.46. The molecule has 132 valence electrons. The molecule has 0 fully saturated rings. The van der Waals surface area contributed by atoms with Crippen molar-refractivity contribution in [1.29, 1.82) is 10.5 Å². The fraction of sp³-hybridized carbons (Fsp3) is 0.263. The lowest BCUT2D eigenvalue weighted by Gasteiger charge is -2.11. The van der Waals surface area contributed by atoms with Crippen LogP contribution in [0.15, 0.2) is 29.3 Å². The smallest absolute Gasteiger partial charge is 0.217 e. The first kappa shape index (κ1) is 19.3. The number of benzene rings is 1. The Kier molecular flexibility index (Phi) is 6.60. The minimum absolute atomic E-state index is 0.0649. The summed E-state index contributed by atoms with van der Waals surface area (Å²) in [5.41, 5.74) is 9.32. The summed E-state index contributed by atoms with van der Waals surface area (Å²) in [6, 6.07) is 12.1. The molecule has 2 rings (SSSR count). The van der Waals surface area contributed by atoms with Gasteiger partial charge in [-0.25, -0.2) is 4.98 Å². The highest BCUT2D eigenvalue weighted by molar-refractivity contribution is 7.98. The highest BCUT2D eigenvalue weighted by Gasteiger charge is 2.17. The van der Waals surface area contributed by atoms with Gasteiger partial charge in [-0.05, 0) is 23.1 Å². The molecule has 0 saturated heterocycles. The number of hydrogen-bond donors (Lipinski definition) is 2. The topological polar surface area (TPSA) is 116 Å². The van der Waals surface area contributed by atoms with Crippen LogP contribution in [0.2, 0.25) is 0 Å². The molecule has 1 heterocycles. The first-order valence-electron chi connectivity index (χ1n) is 8.07. The van der Waals surface area contributed by atoms with E-state index in [0.29, 0.717) is 34.9 Å². The Morgan fingerprint density at radius 2 is 1.81 bits per heavy atom. The first-order valence-corrected chi connectivity index (χ1v) is 9.06. The van der Waals surface area contributed by atoms with Crippen LogP contribution in [-0.2, 0) is 23.5 Å². The summed E-state index contributed by atoms with van der Waals surface area (Å²) in [6.07, 6.45) is 0.546. The SMILES string of the molecule is CCc1c(C#N)c(N)nc(SCc2ccc(CNC(C)=O)cc2)c1C#N. The van der Waals surface area contributed by atoms with Gasteiger partial charge in [0.15, 0.2) is 0 Å². The number of carbonyl (C=O) groups excluding carboxylic acids is 1. The van der Waals surface area contributed by atoms with E-state index in [-0.39, 0.29) is 17.3 Å². The number of thioether (sulfide) groups is 1. The molecule has 0 spiro atoms. The second-order valence-electron chi connectivity index (χ2n) is 5.62. The largest absolute Gasteiger partial charge is 0.383 e. The summed E-state index contributed by atoms with van der Waals surface area (Å²) in [4.78, 5) is 15.2. The number of nitrogen functional groups attached to an aromatic ring is 1. The van der Waals surface area contributed by atoms with Crippen molar-refractivity contribution < 1.29 is 4.79 Å². The van der Waals surface area contributed by atoms with Crippen molar-refractivity contribution in [2.75, 3.05) is 5.73 Å². The van der Waals surface area contributed by atoms with Crippen molar-refractivity contribution >= 4 is 23.5 Å². The van der Waals surface area contributed by atoms with Crippen LogP contribution < -0.4 is 11.1 Å². The third kappa shape index (κ3) is 4.53. The van der Waals surface area contributed by atoms with Crippen LogP contribution in [0, 0.1) is 22.7 Å². The molecule has 6 nitrogen and oxygen atoms in total. The highest BCUT2D eigenvalue weighted by atomic mass is 32.2. The van der Waals surface area contributed by atoms with E-state index in [9.17, 15) is 15.3 Å². The Bertz CT molecular complexity index is 894. The Morgan fingerprint density at radius 3 is 2.35 bits per heavy atom. The Balaban J connectivity index is 2.17. The van der Waals surface area contributed by atoms with Crippen molar-refractivity contribution in [3.05, 3.63) is 52.1 Å². The molecule has 0 aliphatic heterocycles. The van der Waals surface area contributed by atoms with Gasteiger partial charge in [0.25, 0.3) is 0 Å². The van der Waals surface area contributed by atoms with E-state index in [1.807, 2.05) is 37.3 Å². The number of aromatic nitrogens is 1. The van der Waals surface area contributed by atoms with Crippen molar-refractivity contribution in [1.82, 2.24) is 10.3 Å². The molecule has 0 aliphatic carbocycles. The summed E-state index contributed by atoms with van der Waals surface area (Å²) >= 11 is 1.42. The standard InChI is InChI=1S/C19H19N5OS/c1-3-15-16(8-20)18(22)24-19(17(15)9-21)26-11-14-6-4-13(5-7-14)10-23-12(2)25/h4-7H,3,10-11H2,1-2H3,(H2,22,24)(H,23,25). The Hall–Kier alpha value is -3.03. The van der Waals surface area contributed by atoms with Gasteiger partial charge in [0.05, 0.1) is 11.1 Å². The van der Waals surface area contributed by atoms with Gasteiger partial charge in [0, 0.05) is 19.2 Å². The molecular formula is C19H19N5OS. The zero-order chi connectivity index (χ0) is 19.1. The summed E-state index contributed by atoms with van der Waals surface area (Å²) in [5.74, 6) is 0.720. The zero-order valence-electron chi connectivity index (χ0n) is 14.7. The van der Waals surface area contributed by atoms with Crippen molar-refractivity contribution in [2.24, 2.45) is 0 Å². The van der Waals surface area contributed by atoms with Gasteiger partial charge >= 0.3 is 0 Å². The number of nitrogens with one attached hydrogen (secondary N) is 1. The number of nitriles is 2. The average molecular weight is 365 g/mol. The Labute approximate surface area is 157 Å². The van der Waals surface area contributed by atoms with Crippen molar-refractivity contribution in [3.8, 4) is 12.1 Å². The lowest BCUT2D eigenvalue weighted by Crippen LogP contribution is -2.18. The number of nitrogens with zero attached hydrogens (tertiary/aromatic N) is 3. The molecule has 0 radical (unpaired) electrons. The highest BCUT2D eigenvalue weighted by Crippen LogP contribution is 2.30. The number of carbonyl (C=O) groups is 1. The van der Waals surface area contributed by atoms with Crippen molar-refractivity contribution in [2.45, 2.75) is 37.6 Å². The molecule has 7 heteroatoms. The van der Waals surface area contributed by atoms with Crippen molar-refractivity contribution in [3.63, 3.8) is 0 Å². The lowest BCUT2D eigenvalue weighted by molar-refractivity contribution is -0.119. The number of anilines is 1. The summed E-state index contributed by atoms with van der Waals surface area (Å²) in [6.45, 7) is 3.87. The molecule has 0 unspecified atom stereocenters. The third-order valence-electron chi connectivity index (χ3n) is 3.81. The van der Waals surface area contributed by atoms with Crippen LogP contribution in [0.3, 0.4) is 0 Å². The average Bonchev–Trinajstić information content (AvgIpc) is 2.64. The van der Waals surface area contributed by atoms with E-state index in [1.165, 1.54) is 18.7 Å². The lowest BCUT2D eigenvalue weighted by atomic mass is 10.0. The minimum Gasteiger partial charge on any atom is -0.383 e. The van der Waals surface area contributed by atoms with E-state index in [1.54, 1.807) is 0 Å². The van der Waals surface area contributed by atoms with Gasteiger partial charge in [-0.1, -0.05) is 31.2 Å². The minimum atomic E-state index is -0.0649.